The zero-order chi connectivity index (χ0) is 10.7. The van der Waals surface area contributed by atoms with E-state index in [-0.39, 0.29) is 12.2 Å². The Labute approximate surface area is 82.0 Å². The van der Waals surface area contributed by atoms with Crippen LogP contribution in [0.25, 0.3) is 0 Å². The molecule has 0 saturated heterocycles. The molecule has 76 valence electrons. The minimum absolute atomic E-state index is 0.0536. The van der Waals surface area contributed by atoms with E-state index in [4.69, 9.17) is 10.8 Å². The normalized spacial score (nSPS) is 10.1. The molecule has 1 rings (SSSR count). The van der Waals surface area contributed by atoms with E-state index in [0.717, 1.165) is 12.0 Å². The first-order valence-electron chi connectivity index (χ1n) is 4.36. The summed E-state index contributed by atoms with van der Waals surface area (Å²) in [4.78, 5) is 10.5. The third-order valence-electron chi connectivity index (χ3n) is 2.06. The van der Waals surface area contributed by atoms with E-state index in [1.807, 2.05) is 6.92 Å². The van der Waals surface area contributed by atoms with Crippen molar-refractivity contribution in [3.05, 3.63) is 23.3 Å². The summed E-state index contributed by atoms with van der Waals surface area (Å²) in [5.41, 5.74) is 7.39. The van der Waals surface area contributed by atoms with Crippen LogP contribution < -0.4 is 5.73 Å². The fourth-order valence-corrected chi connectivity index (χ4v) is 1.31. The summed E-state index contributed by atoms with van der Waals surface area (Å²) in [6.45, 7) is 1.92. The molecule has 14 heavy (non-hydrogen) atoms. The second-order valence-electron chi connectivity index (χ2n) is 3.10. The molecule has 0 bridgehead atoms. The van der Waals surface area contributed by atoms with Crippen LogP contribution in [-0.2, 0) is 17.6 Å². The van der Waals surface area contributed by atoms with Gasteiger partial charge in [0, 0.05) is 17.3 Å². The van der Waals surface area contributed by atoms with Gasteiger partial charge in [-0.25, -0.2) is 0 Å². The predicted octanol–water partition coefficient (Wildman–Crippen LogP) is 1.16. The molecule has 0 spiro atoms. The number of benzene rings is 1. The van der Waals surface area contributed by atoms with Gasteiger partial charge in [-0.15, -0.1) is 0 Å². The quantitative estimate of drug-likeness (QED) is 0.632. The van der Waals surface area contributed by atoms with Gasteiger partial charge in [-0.1, -0.05) is 6.92 Å². The topological polar surface area (TPSA) is 83.5 Å². The number of aromatic hydroxyl groups is 1. The minimum Gasteiger partial charge on any atom is -0.508 e. The molecule has 0 amide bonds. The summed E-state index contributed by atoms with van der Waals surface area (Å²) in [7, 11) is 0. The number of hydrogen-bond acceptors (Lipinski definition) is 3. The van der Waals surface area contributed by atoms with Crippen molar-refractivity contribution < 1.29 is 15.0 Å². The van der Waals surface area contributed by atoms with Crippen molar-refractivity contribution in [3.8, 4) is 5.75 Å². The van der Waals surface area contributed by atoms with Crippen LogP contribution in [0.1, 0.15) is 18.1 Å². The first-order valence-corrected chi connectivity index (χ1v) is 4.36. The summed E-state index contributed by atoms with van der Waals surface area (Å²) >= 11 is 0. The molecule has 0 fully saturated rings. The highest BCUT2D eigenvalue weighted by atomic mass is 16.4. The standard InChI is InChI=1S/C10H13NO3/c1-2-6-3-7(4-10(13)14)9(12)5-8(6)11/h3,5,12H,2,4,11H2,1H3,(H,13,14). The Morgan fingerprint density at radius 3 is 2.57 bits per heavy atom. The van der Waals surface area contributed by atoms with Crippen LogP contribution in [-0.4, -0.2) is 16.2 Å². The largest absolute Gasteiger partial charge is 0.508 e. The number of nitrogen functional groups attached to an aromatic ring is 1. The molecule has 0 heterocycles. The molecule has 0 aliphatic rings. The van der Waals surface area contributed by atoms with Crippen molar-refractivity contribution in [1.82, 2.24) is 0 Å². The molecule has 0 radical (unpaired) electrons. The van der Waals surface area contributed by atoms with E-state index < -0.39 is 5.97 Å². The predicted molar refractivity (Wildman–Crippen MR) is 53.2 cm³/mol. The first-order chi connectivity index (χ1) is 6.54. The lowest BCUT2D eigenvalue weighted by Gasteiger charge is -2.07. The van der Waals surface area contributed by atoms with Crippen LogP contribution >= 0.6 is 0 Å². The van der Waals surface area contributed by atoms with Gasteiger partial charge in [-0.3, -0.25) is 4.79 Å². The summed E-state index contributed by atoms with van der Waals surface area (Å²) in [6.07, 6.45) is 0.540. The van der Waals surface area contributed by atoms with E-state index in [0.29, 0.717) is 11.3 Å². The second kappa shape index (κ2) is 4.00. The van der Waals surface area contributed by atoms with Crippen LogP contribution in [0.3, 0.4) is 0 Å². The number of anilines is 1. The summed E-state index contributed by atoms with van der Waals surface area (Å²) in [6, 6.07) is 3.04. The van der Waals surface area contributed by atoms with E-state index in [1.165, 1.54) is 6.07 Å². The molecular formula is C10H13NO3. The monoisotopic (exact) mass is 195 g/mol. The highest BCUT2D eigenvalue weighted by Gasteiger charge is 2.09. The Kier molecular flexibility index (Phi) is 2.96. The minimum atomic E-state index is -0.966. The average Bonchev–Trinajstić information content (AvgIpc) is 2.09. The summed E-state index contributed by atoms with van der Waals surface area (Å²) in [5.74, 6) is -1.02. The number of hydrogen-bond donors (Lipinski definition) is 3. The van der Waals surface area contributed by atoms with Crippen LogP contribution in [0.15, 0.2) is 12.1 Å². The lowest BCUT2D eigenvalue weighted by molar-refractivity contribution is -0.136. The SMILES string of the molecule is CCc1cc(CC(=O)O)c(O)cc1N. The fraction of sp³-hybridized carbons (Fsp3) is 0.300. The van der Waals surface area contributed by atoms with Gasteiger partial charge in [-0.05, 0) is 18.1 Å². The number of phenols is 1. The highest BCUT2D eigenvalue weighted by Crippen LogP contribution is 2.25. The molecular weight excluding hydrogens is 182 g/mol. The number of carbonyl (C=O) groups is 1. The van der Waals surface area contributed by atoms with Crippen molar-refractivity contribution in [1.29, 1.82) is 0 Å². The number of carboxylic acid groups (broad SMARTS) is 1. The van der Waals surface area contributed by atoms with Crippen LogP contribution in [0.4, 0.5) is 5.69 Å². The fourth-order valence-electron chi connectivity index (χ4n) is 1.31. The Balaban J connectivity index is 3.10. The Morgan fingerprint density at radius 1 is 1.43 bits per heavy atom. The maximum atomic E-state index is 10.5. The van der Waals surface area contributed by atoms with E-state index >= 15 is 0 Å². The molecule has 0 aromatic heterocycles. The van der Waals surface area contributed by atoms with Gasteiger partial charge < -0.3 is 15.9 Å². The summed E-state index contributed by atoms with van der Waals surface area (Å²) < 4.78 is 0. The third-order valence-corrected chi connectivity index (χ3v) is 2.06. The third kappa shape index (κ3) is 2.16. The van der Waals surface area contributed by atoms with Crippen molar-refractivity contribution in [3.63, 3.8) is 0 Å². The van der Waals surface area contributed by atoms with Gasteiger partial charge in [0.05, 0.1) is 6.42 Å². The van der Waals surface area contributed by atoms with Gasteiger partial charge in [0.15, 0.2) is 0 Å². The maximum absolute atomic E-state index is 10.5. The van der Waals surface area contributed by atoms with Gasteiger partial charge in [0.2, 0.25) is 0 Å². The van der Waals surface area contributed by atoms with Gasteiger partial charge >= 0.3 is 5.97 Å². The van der Waals surface area contributed by atoms with Crippen LogP contribution in [0.2, 0.25) is 0 Å². The summed E-state index contributed by atoms with van der Waals surface area (Å²) in [5, 5.41) is 18.0. The number of aliphatic carboxylic acids is 1. The van der Waals surface area contributed by atoms with Crippen LogP contribution in [0, 0.1) is 0 Å². The average molecular weight is 195 g/mol. The van der Waals surface area contributed by atoms with Gasteiger partial charge in [0.25, 0.3) is 0 Å². The van der Waals surface area contributed by atoms with Crippen LogP contribution in [0.5, 0.6) is 5.75 Å². The molecule has 4 N–H and O–H groups in total. The lowest BCUT2D eigenvalue weighted by atomic mass is 10.0. The van der Waals surface area contributed by atoms with Crippen molar-refractivity contribution >= 4 is 11.7 Å². The number of phenolic OH excluding ortho intramolecular Hbond substituents is 1. The molecule has 0 atom stereocenters. The number of nitrogens with two attached hydrogens (primary N) is 1. The van der Waals surface area contributed by atoms with E-state index in [9.17, 15) is 9.90 Å². The smallest absolute Gasteiger partial charge is 0.307 e. The van der Waals surface area contributed by atoms with Crippen molar-refractivity contribution in [2.24, 2.45) is 0 Å². The zero-order valence-electron chi connectivity index (χ0n) is 7.95. The zero-order valence-corrected chi connectivity index (χ0v) is 7.95. The first kappa shape index (κ1) is 10.4. The molecule has 4 nitrogen and oxygen atoms in total. The Bertz CT molecular complexity index is 361. The maximum Gasteiger partial charge on any atom is 0.307 e. The van der Waals surface area contributed by atoms with Crippen molar-refractivity contribution in [2.75, 3.05) is 5.73 Å². The molecule has 0 aliphatic carbocycles. The molecule has 1 aromatic carbocycles. The lowest BCUT2D eigenvalue weighted by Crippen LogP contribution is -2.02. The Hall–Kier alpha value is -1.71. The van der Waals surface area contributed by atoms with Gasteiger partial charge in [0.1, 0.15) is 5.75 Å². The van der Waals surface area contributed by atoms with Crippen molar-refractivity contribution in [2.45, 2.75) is 19.8 Å². The number of rotatable bonds is 3. The Morgan fingerprint density at radius 2 is 2.07 bits per heavy atom. The van der Waals surface area contributed by atoms with E-state index in [1.54, 1.807) is 6.07 Å². The number of carboxylic acids is 1. The number of aryl methyl sites for hydroxylation is 1. The van der Waals surface area contributed by atoms with E-state index in [2.05, 4.69) is 0 Å². The molecule has 1 aromatic rings. The molecule has 0 unspecified atom stereocenters. The highest BCUT2D eigenvalue weighted by molar-refractivity contribution is 5.72. The second-order valence-corrected chi connectivity index (χ2v) is 3.10. The molecule has 0 saturated carbocycles. The molecule has 4 heteroatoms. The van der Waals surface area contributed by atoms with Gasteiger partial charge in [-0.2, -0.15) is 0 Å². The molecule has 0 aliphatic heterocycles.